The van der Waals surface area contributed by atoms with E-state index in [9.17, 15) is 4.79 Å². The van der Waals surface area contributed by atoms with Gasteiger partial charge in [-0.3, -0.25) is 4.79 Å². The van der Waals surface area contributed by atoms with E-state index in [2.05, 4.69) is 37.0 Å². The zero-order valence-electron chi connectivity index (χ0n) is 14.3. The molecule has 1 aromatic heterocycles. The van der Waals surface area contributed by atoms with Crippen molar-refractivity contribution in [3.05, 3.63) is 53.2 Å². The maximum absolute atomic E-state index is 12.9. The molecule has 0 N–H and O–H groups in total. The Morgan fingerprint density at radius 2 is 2.12 bits per heavy atom. The van der Waals surface area contributed by atoms with E-state index in [0.29, 0.717) is 25.3 Å². The Labute approximate surface area is 147 Å². The number of ether oxygens (including phenoxy) is 1. The zero-order valence-corrected chi connectivity index (χ0v) is 15.1. The molecule has 1 aliphatic rings. The fraction of sp³-hybridized carbons (Fsp3) is 0.368. The summed E-state index contributed by atoms with van der Waals surface area (Å²) in [6, 6.07) is 10.00. The third-order valence-corrected chi connectivity index (χ3v) is 5.23. The zero-order chi connectivity index (χ0) is 17.1. The minimum Gasteiger partial charge on any atom is -0.375 e. The van der Waals surface area contributed by atoms with E-state index in [0.717, 1.165) is 9.92 Å². The molecule has 0 radical (unpaired) electrons. The molecule has 0 bridgehead atoms. The van der Waals surface area contributed by atoms with E-state index in [-0.39, 0.29) is 12.0 Å². The molecule has 24 heavy (non-hydrogen) atoms. The first-order valence-corrected chi connectivity index (χ1v) is 8.97. The highest BCUT2D eigenvalue weighted by Gasteiger charge is 2.24. The fourth-order valence-corrected chi connectivity index (χ4v) is 3.67. The number of nitrogens with zero attached hydrogens (tertiary/aromatic N) is 2. The molecule has 0 spiro atoms. The van der Waals surface area contributed by atoms with Gasteiger partial charge in [0.15, 0.2) is 0 Å². The van der Waals surface area contributed by atoms with E-state index in [4.69, 9.17) is 4.74 Å². The van der Waals surface area contributed by atoms with Crippen LogP contribution < -0.4 is 0 Å². The second kappa shape index (κ2) is 7.36. The largest absolute Gasteiger partial charge is 0.375 e. The Morgan fingerprint density at radius 1 is 1.29 bits per heavy atom. The van der Waals surface area contributed by atoms with Crippen LogP contribution in [-0.4, -0.2) is 41.6 Å². The van der Waals surface area contributed by atoms with Crippen LogP contribution >= 0.6 is 11.8 Å². The van der Waals surface area contributed by atoms with Crippen LogP contribution in [0.5, 0.6) is 0 Å². The van der Waals surface area contributed by atoms with Gasteiger partial charge in [0.05, 0.1) is 18.3 Å². The quantitative estimate of drug-likeness (QED) is 0.853. The Hall–Kier alpha value is -1.85. The minimum atomic E-state index is 0.0320. The molecule has 5 heteroatoms. The standard InChI is InChI=1S/C19H22N2O2S/c1-13-6-7-16(11-14(13)2)24-18-17(5-4-8-20-18)19(22)21-9-10-23-15(3)12-21/h4-8,11,15H,9-10,12H2,1-3H3. The van der Waals surface area contributed by atoms with E-state index in [1.165, 1.54) is 11.1 Å². The van der Waals surface area contributed by atoms with E-state index < -0.39 is 0 Å². The summed E-state index contributed by atoms with van der Waals surface area (Å²) in [5, 5.41) is 0.755. The summed E-state index contributed by atoms with van der Waals surface area (Å²) in [5.41, 5.74) is 3.17. The summed E-state index contributed by atoms with van der Waals surface area (Å²) >= 11 is 1.54. The van der Waals surface area contributed by atoms with E-state index in [1.54, 1.807) is 18.0 Å². The maximum Gasteiger partial charge on any atom is 0.256 e. The molecule has 0 aliphatic carbocycles. The number of rotatable bonds is 3. The molecule has 0 saturated carbocycles. The number of amides is 1. The molecule has 1 aliphatic heterocycles. The van der Waals surface area contributed by atoms with Gasteiger partial charge in [0, 0.05) is 24.2 Å². The summed E-state index contributed by atoms with van der Waals surface area (Å²) in [4.78, 5) is 20.3. The number of hydrogen-bond acceptors (Lipinski definition) is 4. The van der Waals surface area contributed by atoms with Gasteiger partial charge in [0.2, 0.25) is 0 Å². The highest BCUT2D eigenvalue weighted by Crippen LogP contribution is 2.30. The van der Waals surface area contributed by atoms with Gasteiger partial charge in [-0.1, -0.05) is 17.8 Å². The summed E-state index contributed by atoms with van der Waals surface area (Å²) in [6.45, 7) is 8.03. The molecule has 1 atom stereocenters. The number of pyridine rings is 1. The lowest BCUT2D eigenvalue weighted by atomic mass is 10.1. The normalized spacial score (nSPS) is 17.8. The molecular weight excluding hydrogens is 320 g/mol. The monoisotopic (exact) mass is 342 g/mol. The lowest BCUT2D eigenvalue weighted by Gasteiger charge is -2.31. The van der Waals surface area contributed by atoms with Crippen LogP contribution in [-0.2, 0) is 4.74 Å². The van der Waals surface area contributed by atoms with Gasteiger partial charge < -0.3 is 9.64 Å². The SMILES string of the molecule is Cc1ccc(Sc2ncccc2C(=O)N2CCOC(C)C2)cc1C. The third kappa shape index (κ3) is 3.79. The lowest BCUT2D eigenvalue weighted by Crippen LogP contribution is -2.44. The predicted octanol–water partition coefficient (Wildman–Crippen LogP) is 3.71. The van der Waals surface area contributed by atoms with Crippen molar-refractivity contribution in [2.24, 2.45) is 0 Å². The van der Waals surface area contributed by atoms with Crippen molar-refractivity contribution in [2.45, 2.75) is 36.8 Å². The van der Waals surface area contributed by atoms with Crippen LogP contribution in [0.4, 0.5) is 0 Å². The van der Waals surface area contributed by atoms with Gasteiger partial charge in [-0.15, -0.1) is 0 Å². The second-order valence-corrected chi connectivity index (χ2v) is 7.20. The molecular formula is C19H22N2O2S. The molecule has 4 nitrogen and oxygen atoms in total. The third-order valence-electron chi connectivity index (χ3n) is 4.22. The van der Waals surface area contributed by atoms with Crippen molar-refractivity contribution >= 4 is 17.7 Å². The van der Waals surface area contributed by atoms with Crippen LogP contribution in [0, 0.1) is 13.8 Å². The van der Waals surface area contributed by atoms with Crippen molar-refractivity contribution in [1.29, 1.82) is 0 Å². The first-order valence-electron chi connectivity index (χ1n) is 8.15. The lowest BCUT2D eigenvalue weighted by molar-refractivity contribution is -0.0125. The van der Waals surface area contributed by atoms with Crippen molar-refractivity contribution in [3.8, 4) is 0 Å². The van der Waals surface area contributed by atoms with Crippen LogP contribution in [0.25, 0.3) is 0 Å². The fourth-order valence-electron chi connectivity index (χ4n) is 2.70. The van der Waals surface area contributed by atoms with Gasteiger partial charge in [0.1, 0.15) is 5.03 Å². The average molecular weight is 342 g/mol. The molecule has 2 heterocycles. The molecule has 126 valence electrons. The number of hydrogen-bond donors (Lipinski definition) is 0. The predicted molar refractivity (Wildman–Crippen MR) is 95.6 cm³/mol. The molecule has 1 fully saturated rings. The highest BCUT2D eigenvalue weighted by atomic mass is 32.2. The number of carbonyl (C=O) groups excluding carboxylic acids is 1. The van der Waals surface area contributed by atoms with Crippen molar-refractivity contribution in [2.75, 3.05) is 19.7 Å². The summed E-state index contributed by atoms with van der Waals surface area (Å²) in [6.07, 6.45) is 1.82. The Balaban J connectivity index is 1.84. The second-order valence-electron chi connectivity index (χ2n) is 6.14. The topological polar surface area (TPSA) is 42.4 Å². The number of aromatic nitrogens is 1. The van der Waals surface area contributed by atoms with Gasteiger partial charge >= 0.3 is 0 Å². The van der Waals surface area contributed by atoms with Crippen molar-refractivity contribution in [3.63, 3.8) is 0 Å². The summed E-state index contributed by atoms with van der Waals surface area (Å²) in [7, 11) is 0. The van der Waals surface area contributed by atoms with Crippen LogP contribution in [0.2, 0.25) is 0 Å². The van der Waals surface area contributed by atoms with Crippen LogP contribution in [0.15, 0.2) is 46.5 Å². The number of morpholine rings is 1. The minimum absolute atomic E-state index is 0.0320. The number of aryl methyl sites for hydroxylation is 2. The molecule has 3 rings (SSSR count). The number of benzene rings is 1. The molecule has 1 aromatic carbocycles. The van der Waals surface area contributed by atoms with Gasteiger partial charge in [-0.2, -0.15) is 0 Å². The van der Waals surface area contributed by atoms with E-state index >= 15 is 0 Å². The first-order chi connectivity index (χ1) is 11.5. The maximum atomic E-state index is 12.9. The van der Waals surface area contributed by atoms with Crippen molar-refractivity contribution in [1.82, 2.24) is 9.88 Å². The molecule has 2 aromatic rings. The summed E-state index contributed by atoms with van der Waals surface area (Å²) in [5.74, 6) is 0.0320. The smallest absolute Gasteiger partial charge is 0.256 e. The Morgan fingerprint density at radius 3 is 2.88 bits per heavy atom. The number of carbonyl (C=O) groups is 1. The van der Waals surface area contributed by atoms with Crippen LogP contribution in [0.1, 0.15) is 28.4 Å². The van der Waals surface area contributed by atoms with Crippen molar-refractivity contribution < 1.29 is 9.53 Å². The average Bonchev–Trinajstić information content (AvgIpc) is 2.58. The van der Waals surface area contributed by atoms with Gasteiger partial charge in [0.25, 0.3) is 5.91 Å². The van der Waals surface area contributed by atoms with Gasteiger partial charge in [-0.25, -0.2) is 4.98 Å². The molecule has 1 amide bonds. The Bertz CT molecular complexity index is 748. The first kappa shape index (κ1) is 17.0. The van der Waals surface area contributed by atoms with E-state index in [1.807, 2.05) is 24.0 Å². The molecule has 1 saturated heterocycles. The highest BCUT2D eigenvalue weighted by molar-refractivity contribution is 7.99. The molecule has 1 unspecified atom stereocenters. The Kier molecular flexibility index (Phi) is 5.21. The summed E-state index contributed by atoms with van der Waals surface area (Å²) < 4.78 is 5.53. The van der Waals surface area contributed by atoms with Crippen LogP contribution in [0.3, 0.4) is 0 Å². The van der Waals surface area contributed by atoms with Gasteiger partial charge in [-0.05, 0) is 56.2 Å².